The Kier molecular flexibility index (Phi) is 5.82. The first-order valence-electron chi connectivity index (χ1n) is 14.2. The van der Waals surface area contributed by atoms with Crippen molar-refractivity contribution in [1.29, 1.82) is 0 Å². The number of fused-ring (bicyclic) bond motifs is 4. The van der Waals surface area contributed by atoms with Gasteiger partial charge >= 0.3 is 0 Å². The van der Waals surface area contributed by atoms with E-state index >= 15 is 0 Å². The highest BCUT2D eigenvalue weighted by atomic mass is 14.7. The second-order valence-electron chi connectivity index (χ2n) is 10.7. The van der Waals surface area contributed by atoms with Crippen LogP contribution in [0.15, 0.2) is 158 Å². The molecule has 2 heterocycles. The molecular formula is C40H26N2. The molecule has 0 unspecified atom stereocenters. The van der Waals surface area contributed by atoms with E-state index in [1.807, 2.05) is 18.5 Å². The summed E-state index contributed by atoms with van der Waals surface area (Å²) in [6.07, 6.45) is 3.79. The number of nitrogens with zero attached hydrogens (tertiary/aromatic N) is 2. The van der Waals surface area contributed by atoms with Crippen LogP contribution in [0.25, 0.3) is 77.1 Å². The van der Waals surface area contributed by atoms with Gasteiger partial charge in [0.1, 0.15) is 0 Å². The maximum atomic E-state index is 5.12. The van der Waals surface area contributed by atoms with Crippen molar-refractivity contribution in [2.24, 2.45) is 0 Å². The summed E-state index contributed by atoms with van der Waals surface area (Å²) in [6, 6.07) is 51.9. The van der Waals surface area contributed by atoms with Crippen LogP contribution in [-0.4, -0.2) is 9.97 Å². The Morgan fingerprint density at radius 1 is 0.405 bits per heavy atom. The van der Waals surface area contributed by atoms with E-state index in [4.69, 9.17) is 4.98 Å². The van der Waals surface area contributed by atoms with Crippen molar-refractivity contribution >= 4 is 32.4 Å². The fourth-order valence-electron chi connectivity index (χ4n) is 6.07. The Morgan fingerprint density at radius 2 is 1.14 bits per heavy atom. The van der Waals surface area contributed by atoms with Gasteiger partial charge in [0.2, 0.25) is 0 Å². The summed E-state index contributed by atoms with van der Waals surface area (Å²) in [5.41, 5.74) is 10.3. The van der Waals surface area contributed by atoms with E-state index in [0.29, 0.717) is 0 Å². The minimum absolute atomic E-state index is 0.980. The number of rotatable bonds is 4. The minimum Gasteiger partial charge on any atom is -0.264 e. The number of hydrogen-bond acceptors (Lipinski definition) is 2. The van der Waals surface area contributed by atoms with Crippen LogP contribution in [0.1, 0.15) is 0 Å². The van der Waals surface area contributed by atoms with E-state index < -0.39 is 0 Å². The molecule has 0 saturated heterocycles. The highest BCUT2D eigenvalue weighted by Crippen LogP contribution is 2.38. The Labute approximate surface area is 244 Å². The lowest BCUT2D eigenvalue weighted by Gasteiger charge is -2.14. The summed E-state index contributed by atoms with van der Waals surface area (Å²) < 4.78 is 0. The van der Waals surface area contributed by atoms with Gasteiger partial charge in [-0.1, -0.05) is 121 Å². The van der Waals surface area contributed by atoms with Gasteiger partial charge in [-0.25, -0.2) is 4.98 Å². The van der Waals surface area contributed by atoms with Gasteiger partial charge in [0, 0.05) is 28.7 Å². The summed E-state index contributed by atoms with van der Waals surface area (Å²) in [5.74, 6) is 0. The van der Waals surface area contributed by atoms with Gasteiger partial charge in [-0.3, -0.25) is 4.98 Å². The van der Waals surface area contributed by atoms with Crippen molar-refractivity contribution in [3.63, 3.8) is 0 Å². The van der Waals surface area contributed by atoms with E-state index in [9.17, 15) is 0 Å². The van der Waals surface area contributed by atoms with Crippen molar-refractivity contribution < 1.29 is 0 Å². The molecule has 0 bridgehead atoms. The fourth-order valence-corrected chi connectivity index (χ4v) is 6.07. The van der Waals surface area contributed by atoms with Crippen molar-refractivity contribution in [1.82, 2.24) is 9.97 Å². The maximum Gasteiger partial charge on any atom is 0.0722 e. The first-order chi connectivity index (χ1) is 20.8. The maximum absolute atomic E-state index is 5.12. The molecule has 196 valence electrons. The average molecular weight is 535 g/mol. The van der Waals surface area contributed by atoms with Crippen LogP contribution in [0.3, 0.4) is 0 Å². The summed E-state index contributed by atoms with van der Waals surface area (Å²) in [6.45, 7) is 0. The van der Waals surface area contributed by atoms with Crippen molar-refractivity contribution in [3.8, 4) is 44.6 Å². The molecule has 8 aromatic rings. The molecule has 0 saturated carbocycles. The fraction of sp³-hybridized carbons (Fsp3) is 0. The molecule has 0 spiro atoms. The summed E-state index contributed by atoms with van der Waals surface area (Å²) in [7, 11) is 0. The molecule has 42 heavy (non-hydrogen) atoms. The Balaban J connectivity index is 1.27. The molecule has 0 radical (unpaired) electrons. The molecule has 2 heteroatoms. The molecule has 0 fully saturated rings. The molecule has 0 aliphatic heterocycles. The number of pyridine rings is 2. The van der Waals surface area contributed by atoms with Crippen molar-refractivity contribution in [2.75, 3.05) is 0 Å². The monoisotopic (exact) mass is 534 g/mol. The topological polar surface area (TPSA) is 25.8 Å². The van der Waals surface area contributed by atoms with Crippen LogP contribution >= 0.6 is 0 Å². The van der Waals surface area contributed by atoms with E-state index in [0.717, 1.165) is 22.2 Å². The van der Waals surface area contributed by atoms with E-state index in [1.165, 1.54) is 54.9 Å². The average Bonchev–Trinajstić information content (AvgIpc) is 3.08. The van der Waals surface area contributed by atoms with Gasteiger partial charge in [0.15, 0.2) is 0 Å². The van der Waals surface area contributed by atoms with Crippen LogP contribution in [0.5, 0.6) is 0 Å². The zero-order chi connectivity index (χ0) is 27.9. The molecule has 6 aromatic carbocycles. The van der Waals surface area contributed by atoms with Crippen molar-refractivity contribution in [3.05, 3.63) is 158 Å². The molecule has 0 atom stereocenters. The molecular weight excluding hydrogens is 508 g/mol. The van der Waals surface area contributed by atoms with E-state index in [1.54, 1.807) is 0 Å². The largest absolute Gasteiger partial charge is 0.264 e. The third-order valence-electron chi connectivity index (χ3n) is 8.15. The SMILES string of the molecule is c1ccc(-c2cc(-c3cccc(-c4ccc(-c5cccc6cnccc56)cc4)c3)c3c(ccc4ccccc43)n2)cc1. The second kappa shape index (κ2) is 10.1. The zero-order valence-corrected chi connectivity index (χ0v) is 22.9. The highest BCUT2D eigenvalue weighted by Gasteiger charge is 2.14. The lowest BCUT2D eigenvalue weighted by Crippen LogP contribution is -1.91. The zero-order valence-electron chi connectivity index (χ0n) is 22.9. The lowest BCUT2D eigenvalue weighted by molar-refractivity contribution is 1.36. The van der Waals surface area contributed by atoms with E-state index in [-0.39, 0.29) is 0 Å². The molecule has 8 rings (SSSR count). The first kappa shape index (κ1) is 24.2. The number of hydrogen-bond donors (Lipinski definition) is 0. The van der Waals surface area contributed by atoms with Gasteiger partial charge in [0.05, 0.1) is 11.2 Å². The lowest BCUT2D eigenvalue weighted by atomic mass is 9.92. The molecule has 0 aliphatic rings. The highest BCUT2D eigenvalue weighted by molar-refractivity contribution is 6.14. The molecule has 2 aromatic heterocycles. The van der Waals surface area contributed by atoms with Crippen molar-refractivity contribution in [2.45, 2.75) is 0 Å². The molecule has 0 amide bonds. The molecule has 0 aliphatic carbocycles. The number of aromatic nitrogens is 2. The Bertz CT molecular complexity index is 2230. The Hall–Kier alpha value is -5.60. The predicted octanol–water partition coefficient (Wildman–Crippen LogP) is 10.6. The molecule has 0 N–H and O–H groups in total. The van der Waals surface area contributed by atoms with Crippen LogP contribution in [0.4, 0.5) is 0 Å². The van der Waals surface area contributed by atoms with Gasteiger partial charge < -0.3 is 0 Å². The van der Waals surface area contributed by atoms with Crippen LogP contribution in [0.2, 0.25) is 0 Å². The van der Waals surface area contributed by atoms with E-state index in [2.05, 4.69) is 145 Å². The predicted molar refractivity (Wildman–Crippen MR) is 176 cm³/mol. The number of benzene rings is 6. The quantitative estimate of drug-likeness (QED) is 0.210. The minimum atomic E-state index is 0.980. The molecule has 2 nitrogen and oxygen atoms in total. The smallest absolute Gasteiger partial charge is 0.0722 e. The van der Waals surface area contributed by atoms with Gasteiger partial charge in [-0.15, -0.1) is 0 Å². The summed E-state index contributed by atoms with van der Waals surface area (Å²) >= 11 is 0. The van der Waals surface area contributed by atoms with Crippen LogP contribution < -0.4 is 0 Å². The van der Waals surface area contributed by atoms with Gasteiger partial charge in [-0.2, -0.15) is 0 Å². The van der Waals surface area contributed by atoms with Crippen LogP contribution in [0, 0.1) is 0 Å². The van der Waals surface area contributed by atoms with Gasteiger partial charge in [0.25, 0.3) is 0 Å². The normalized spacial score (nSPS) is 11.3. The third kappa shape index (κ3) is 4.22. The third-order valence-corrected chi connectivity index (χ3v) is 8.15. The van der Waals surface area contributed by atoms with Gasteiger partial charge in [-0.05, 0) is 73.8 Å². The summed E-state index contributed by atoms with van der Waals surface area (Å²) in [5, 5.41) is 5.99. The Morgan fingerprint density at radius 3 is 2.05 bits per heavy atom. The second-order valence-corrected chi connectivity index (χ2v) is 10.7. The summed E-state index contributed by atoms with van der Waals surface area (Å²) in [4.78, 5) is 9.41. The first-order valence-corrected chi connectivity index (χ1v) is 14.2. The standard InChI is InChI=1S/C40H26N2/c1-2-9-30(10-3-1)39-25-37(40-36-14-5-4-8-28(36)20-21-38(40)42-39)32-12-6-11-31(24-32)27-16-18-29(19-17-27)34-15-7-13-33-26-41-23-22-35(33)34/h1-26H. The van der Waals surface area contributed by atoms with Crippen LogP contribution in [-0.2, 0) is 0 Å².